The average Bonchev–Trinajstić information content (AvgIpc) is 2.77. The Morgan fingerprint density at radius 1 is 1.50 bits per heavy atom. The standard InChI is InChI=1S/C12H23N3O/c1-4-12(16)6-7-13-10(3)11-8-14-15(5-2)9-11/h8-10,12-13,16H,4-7H2,1-3H3. The monoisotopic (exact) mass is 225 g/mol. The van der Waals surface area contributed by atoms with Crippen molar-refractivity contribution in [2.24, 2.45) is 0 Å². The van der Waals surface area contributed by atoms with Gasteiger partial charge in [-0.2, -0.15) is 5.10 Å². The van der Waals surface area contributed by atoms with Crippen molar-refractivity contribution in [2.45, 2.75) is 52.3 Å². The molecule has 0 aliphatic rings. The molecular formula is C12H23N3O. The normalized spacial score (nSPS) is 15.0. The number of nitrogens with one attached hydrogen (secondary N) is 1. The zero-order chi connectivity index (χ0) is 12.0. The van der Waals surface area contributed by atoms with E-state index in [1.807, 2.05) is 17.8 Å². The summed E-state index contributed by atoms with van der Waals surface area (Å²) in [7, 11) is 0. The second-order valence-electron chi connectivity index (χ2n) is 4.16. The fraction of sp³-hybridized carbons (Fsp3) is 0.750. The van der Waals surface area contributed by atoms with Gasteiger partial charge in [0.05, 0.1) is 12.3 Å². The molecule has 0 spiro atoms. The van der Waals surface area contributed by atoms with Gasteiger partial charge in [0.2, 0.25) is 0 Å². The molecule has 2 N–H and O–H groups in total. The Bertz CT molecular complexity index is 298. The molecule has 2 atom stereocenters. The fourth-order valence-electron chi connectivity index (χ4n) is 1.56. The van der Waals surface area contributed by atoms with E-state index in [-0.39, 0.29) is 6.10 Å². The predicted molar refractivity (Wildman–Crippen MR) is 65.2 cm³/mol. The first-order valence-electron chi connectivity index (χ1n) is 6.11. The molecule has 0 aliphatic carbocycles. The molecule has 4 heteroatoms. The topological polar surface area (TPSA) is 50.1 Å². The molecule has 0 fully saturated rings. The molecule has 0 saturated heterocycles. The minimum absolute atomic E-state index is 0.182. The molecule has 0 saturated carbocycles. The van der Waals surface area contributed by atoms with E-state index in [1.54, 1.807) is 0 Å². The van der Waals surface area contributed by atoms with Crippen LogP contribution in [0.25, 0.3) is 0 Å². The molecule has 1 heterocycles. The zero-order valence-electron chi connectivity index (χ0n) is 10.5. The van der Waals surface area contributed by atoms with E-state index >= 15 is 0 Å². The summed E-state index contributed by atoms with van der Waals surface area (Å²) in [6.45, 7) is 7.94. The van der Waals surface area contributed by atoms with Gasteiger partial charge in [-0.15, -0.1) is 0 Å². The molecule has 1 aromatic heterocycles. The molecule has 0 amide bonds. The summed E-state index contributed by atoms with van der Waals surface area (Å²) in [5.41, 5.74) is 1.20. The molecule has 1 aromatic rings. The van der Waals surface area contributed by atoms with Crippen LogP contribution in [0, 0.1) is 0 Å². The van der Waals surface area contributed by atoms with E-state index in [1.165, 1.54) is 5.56 Å². The third-order valence-electron chi connectivity index (χ3n) is 2.88. The SMILES string of the molecule is CCC(O)CCNC(C)c1cnn(CC)c1. The van der Waals surface area contributed by atoms with Gasteiger partial charge >= 0.3 is 0 Å². The largest absolute Gasteiger partial charge is 0.393 e. The maximum absolute atomic E-state index is 9.43. The Kier molecular flexibility index (Phi) is 5.49. The number of hydrogen-bond acceptors (Lipinski definition) is 3. The van der Waals surface area contributed by atoms with Crippen LogP contribution in [0.2, 0.25) is 0 Å². The molecule has 2 unspecified atom stereocenters. The highest BCUT2D eigenvalue weighted by molar-refractivity contribution is 5.08. The van der Waals surface area contributed by atoms with E-state index in [9.17, 15) is 5.11 Å². The number of hydrogen-bond donors (Lipinski definition) is 2. The van der Waals surface area contributed by atoms with Crippen molar-refractivity contribution in [3.63, 3.8) is 0 Å². The summed E-state index contributed by atoms with van der Waals surface area (Å²) < 4.78 is 1.93. The van der Waals surface area contributed by atoms with Gasteiger partial charge in [0, 0.05) is 24.3 Å². The molecule has 4 nitrogen and oxygen atoms in total. The van der Waals surface area contributed by atoms with Gasteiger partial charge in [0.25, 0.3) is 0 Å². The highest BCUT2D eigenvalue weighted by atomic mass is 16.3. The van der Waals surface area contributed by atoms with E-state index < -0.39 is 0 Å². The first-order valence-corrected chi connectivity index (χ1v) is 6.11. The maximum atomic E-state index is 9.43. The van der Waals surface area contributed by atoms with Gasteiger partial charge in [0.1, 0.15) is 0 Å². The number of nitrogens with zero attached hydrogens (tertiary/aromatic N) is 2. The quantitative estimate of drug-likeness (QED) is 0.743. The maximum Gasteiger partial charge on any atom is 0.0549 e. The number of aliphatic hydroxyl groups excluding tert-OH is 1. The van der Waals surface area contributed by atoms with Crippen LogP contribution in [0.3, 0.4) is 0 Å². The lowest BCUT2D eigenvalue weighted by Crippen LogP contribution is -2.23. The van der Waals surface area contributed by atoms with Crippen molar-refractivity contribution >= 4 is 0 Å². The minimum atomic E-state index is -0.182. The van der Waals surface area contributed by atoms with Crippen LogP contribution < -0.4 is 5.32 Å². The Hall–Kier alpha value is -0.870. The lowest BCUT2D eigenvalue weighted by Gasteiger charge is -2.13. The number of aryl methyl sites for hydroxylation is 1. The lowest BCUT2D eigenvalue weighted by atomic mass is 10.1. The van der Waals surface area contributed by atoms with Crippen LogP contribution in [-0.4, -0.2) is 27.5 Å². The Morgan fingerprint density at radius 2 is 2.25 bits per heavy atom. The molecule has 0 aromatic carbocycles. The van der Waals surface area contributed by atoms with E-state index in [2.05, 4.69) is 30.5 Å². The Balaban J connectivity index is 2.31. The molecular weight excluding hydrogens is 202 g/mol. The molecule has 1 rings (SSSR count). The van der Waals surface area contributed by atoms with E-state index in [4.69, 9.17) is 0 Å². The summed E-state index contributed by atoms with van der Waals surface area (Å²) in [6, 6.07) is 0.296. The van der Waals surface area contributed by atoms with Crippen LogP contribution >= 0.6 is 0 Å². The second-order valence-corrected chi connectivity index (χ2v) is 4.16. The van der Waals surface area contributed by atoms with Crippen LogP contribution in [0.5, 0.6) is 0 Å². The third-order valence-corrected chi connectivity index (χ3v) is 2.88. The van der Waals surface area contributed by atoms with Crippen molar-refractivity contribution in [3.05, 3.63) is 18.0 Å². The lowest BCUT2D eigenvalue weighted by molar-refractivity contribution is 0.159. The second kappa shape index (κ2) is 6.66. The summed E-state index contributed by atoms with van der Waals surface area (Å²) in [6.07, 6.45) is 5.41. The van der Waals surface area contributed by atoms with Gasteiger partial charge in [-0.05, 0) is 33.2 Å². The summed E-state index contributed by atoms with van der Waals surface area (Å²) in [4.78, 5) is 0. The van der Waals surface area contributed by atoms with Gasteiger partial charge in [-0.1, -0.05) is 6.92 Å². The molecule has 92 valence electrons. The van der Waals surface area contributed by atoms with Gasteiger partial charge in [-0.3, -0.25) is 4.68 Å². The zero-order valence-corrected chi connectivity index (χ0v) is 10.5. The first-order chi connectivity index (χ1) is 7.67. The van der Waals surface area contributed by atoms with E-state index in [0.717, 1.165) is 25.9 Å². The van der Waals surface area contributed by atoms with Crippen LogP contribution in [0.15, 0.2) is 12.4 Å². The third kappa shape index (κ3) is 3.94. The summed E-state index contributed by atoms with van der Waals surface area (Å²) in [5.74, 6) is 0. The van der Waals surface area contributed by atoms with Crippen LogP contribution in [0.1, 0.15) is 45.2 Å². The van der Waals surface area contributed by atoms with Gasteiger partial charge in [-0.25, -0.2) is 0 Å². The van der Waals surface area contributed by atoms with Crippen molar-refractivity contribution in [1.29, 1.82) is 0 Å². The Morgan fingerprint density at radius 3 is 2.81 bits per heavy atom. The minimum Gasteiger partial charge on any atom is -0.393 e. The predicted octanol–water partition coefficient (Wildman–Crippen LogP) is 1.71. The smallest absolute Gasteiger partial charge is 0.0549 e. The highest BCUT2D eigenvalue weighted by Crippen LogP contribution is 2.10. The summed E-state index contributed by atoms with van der Waals surface area (Å²) >= 11 is 0. The van der Waals surface area contributed by atoms with Gasteiger partial charge < -0.3 is 10.4 Å². The number of aromatic nitrogens is 2. The average molecular weight is 225 g/mol. The van der Waals surface area contributed by atoms with Crippen LogP contribution in [-0.2, 0) is 6.54 Å². The highest BCUT2D eigenvalue weighted by Gasteiger charge is 2.07. The van der Waals surface area contributed by atoms with Crippen molar-refractivity contribution in [3.8, 4) is 0 Å². The van der Waals surface area contributed by atoms with Crippen molar-refractivity contribution in [1.82, 2.24) is 15.1 Å². The molecule has 0 aliphatic heterocycles. The summed E-state index contributed by atoms with van der Waals surface area (Å²) in [5, 5.41) is 17.1. The van der Waals surface area contributed by atoms with Crippen molar-refractivity contribution < 1.29 is 5.11 Å². The first kappa shape index (κ1) is 13.2. The molecule has 16 heavy (non-hydrogen) atoms. The van der Waals surface area contributed by atoms with Gasteiger partial charge in [0.15, 0.2) is 0 Å². The number of aliphatic hydroxyl groups is 1. The molecule has 0 bridgehead atoms. The van der Waals surface area contributed by atoms with Crippen LogP contribution in [0.4, 0.5) is 0 Å². The molecule has 0 radical (unpaired) electrons. The number of rotatable bonds is 7. The fourth-order valence-corrected chi connectivity index (χ4v) is 1.56. The van der Waals surface area contributed by atoms with Crippen molar-refractivity contribution in [2.75, 3.05) is 6.54 Å². The Labute approximate surface area is 97.7 Å². The van der Waals surface area contributed by atoms with E-state index in [0.29, 0.717) is 6.04 Å².